The van der Waals surface area contributed by atoms with E-state index in [9.17, 15) is 9.59 Å². The highest BCUT2D eigenvalue weighted by Crippen LogP contribution is 2.33. The fraction of sp³-hybridized carbons (Fsp3) is 0.217. The molecule has 0 aliphatic heterocycles. The van der Waals surface area contributed by atoms with Crippen LogP contribution in [0.5, 0.6) is 0 Å². The SMILES string of the molecule is CNC(=O)c1cnn(C)c1N=Nc1c(C)nn(-c2cc(-n3nc(C)c(N=Nc4c(C(N)=O)cnn4C)c3N)ncn2)c1N. The van der Waals surface area contributed by atoms with E-state index in [4.69, 9.17) is 17.2 Å². The van der Waals surface area contributed by atoms with Crippen LogP contribution in [0.25, 0.3) is 11.6 Å². The minimum Gasteiger partial charge on any atom is -0.382 e. The normalized spacial score (nSPS) is 11.7. The Labute approximate surface area is 242 Å². The first kappa shape index (κ1) is 28.2. The van der Waals surface area contributed by atoms with Crippen LogP contribution < -0.4 is 22.5 Å². The summed E-state index contributed by atoms with van der Waals surface area (Å²) in [6.45, 7) is 3.38. The van der Waals surface area contributed by atoms with E-state index in [0.29, 0.717) is 11.4 Å². The molecule has 0 spiro atoms. The van der Waals surface area contributed by atoms with E-state index in [1.165, 1.54) is 44.5 Å². The maximum Gasteiger partial charge on any atom is 0.256 e. The minimum atomic E-state index is -0.695. The van der Waals surface area contributed by atoms with Gasteiger partial charge in [-0.05, 0) is 13.8 Å². The summed E-state index contributed by atoms with van der Waals surface area (Å²) in [7, 11) is 4.74. The van der Waals surface area contributed by atoms with Crippen molar-refractivity contribution >= 4 is 46.5 Å². The number of primary amides is 1. The first-order valence-electron chi connectivity index (χ1n) is 12.4. The molecule has 220 valence electrons. The quantitative estimate of drug-likeness (QED) is 0.190. The maximum atomic E-state index is 12.1. The first-order valence-corrected chi connectivity index (χ1v) is 12.4. The monoisotopic (exact) mass is 586 g/mol. The van der Waals surface area contributed by atoms with Crippen molar-refractivity contribution in [2.75, 3.05) is 18.5 Å². The zero-order chi connectivity index (χ0) is 31.0. The summed E-state index contributed by atoms with van der Waals surface area (Å²) in [5.41, 5.74) is 19.9. The number of hydrogen-bond acceptors (Lipinski definition) is 14. The number of aromatic nitrogens is 10. The smallest absolute Gasteiger partial charge is 0.256 e. The Morgan fingerprint density at radius 2 is 1.26 bits per heavy atom. The fourth-order valence-corrected chi connectivity index (χ4v) is 4.00. The summed E-state index contributed by atoms with van der Waals surface area (Å²) in [6, 6.07) is 1.56. The molecule has 5 aromatic rings. The lowest BCUT2D eigenvalue weighted by Crippen LogP contribution is -2.17. The zero-order valence-electron chi connectivity index (χ0n) is 23.6. The number of aryl methyl sites for hydroxylation is 4. The number of amides is 2. The maximum absolute atomic E-state index is 12.1. The van der Waals surface area contributed by atoms with Gasteiger partial charge in [-0.2, -0.15) is 29.8 Å². The molecule has 43 heavy (non-hydrogen) atoms. The van der Waals surface area contributed by atoms with Gasteiger partial charge in [0.05, 0.1) is 23.8 Å². The second kappa shape index (κ2) is 10.9. The highest BCUT2D eigenvalue weighted by atomic mass is 16.2. The van der Waals surface area contributed by atoms with Gasteiger partial charge in [0, 0.05) is 27.2 Å². The highest BCUT2D eigenvalue weighted by Gasteiger charge is 2.20. The van der Waals surface area contributed by atoms with Crippen LogP contribution in [0.15, 0.2) is 45.2 Å². The Bertz CT molecular complexity index is 1940. The number of nitrogens with two attached hydrogens (primary N) is 3. The second-order valence-corrected chi connectivity index (χ2v) is 9.05. The van der Waals surface area contributed by atoms with E-state index in [0.717, 1.165) is 0 Å². The predicted molar refractivity (Wildman–Crippen MR) is 151 cm³/mol. The van der Waals surface area contributed by atoms with Crippen LogP contribution in [-0.2, 0) is 14.1 Å². The average molecular weight is 587 g/mol. The van der Waals surface area contributed by atoms with Crippen molar-refractivity contribution in [3.63, 3.8) is 0 Å². The van der Waals surface area contributed by atoms with Crippen LogP contribution in [0.3, 0.4) is 0 Å². The van der Waals surface area contributed by atoms with Gasteiger partial charge in [0.1, 0.15) is 17.5 Å². The van der Waals surface area contributed by atoms with Gasteiger partial charge in [0.2, 0.25) is 0 Å². The topological polar surface area (TPSA) is 271 Å². The Balaban J connectivity index is 1.47. The Kier molecular flexibility index (Phi) is 7.15. The molecule has 0 atom stereocenters. The van der Waals surface area contributed by atoms with Crippen LogP contribution in [-0.4, -0.2) is 68.0 Å². The molecule has 2 amide bonds. The molecule has 0 saturated heterocycles. The van der Waals surface area contributed by atoms with E-state index in [-0.39, 0.29) is 63.3 Å². The molecule has 0 bridgehead atoms. The molecule has 0 radical (unpaired) electrons. The van der Waals surface area contributed by atoms with Gasteiger partial charge in [-0.25, -0.2) is 19.3 Å². The highest BCUT2D eigenvalue weighted by molar-refractivity contribution is 5.98. The van der Waals surface area contributed by atoms with Crippen molar-refractivity contribution in [1.29, 1.82) is 0 Å². The number of carbonyl (C=O) groups excluding carboxylic acids is 2. The summed E-state index contributed by atoms with van der Waals surface area (Å²) < 4.78 is 5.48. The Morgan fingerprint density at radius 3 is 1.72 bits per heavy atom. The summed E-state index contributed by atoms with van der Waals surface area (Å²) in [6.07, 6.45) is 3.98. The van der Waals surface area contributed by atoms with Crippen molar-refractivity contribution in [3.05, 3.63) is 47.3 Å². The molecule has 7 N–H and O–H groups in total. The molecule has 5 heterocycles. The number of carbonyl (C=O) groups is 2. The molecule has 0 aromatic carbocycles. The van der Waals surface area contributed by atoms with Gasteiger partial charge in [0.15, 0.2) is 46.3 Å². The summed E-state index contributed by atoms with van der Waals surface area (Å²) in [5.74, 6) is 0.170. The Hall–Kier alpha value is -6.34. The van der Waals surface area contributed by atoms with Gasteiger partial charge in [-0.1, -0.05) is 0 Å². The van der Waals surface area contributed by atoms with Gasteiger partial charge in [0.25, 0.3) is 11.8 Å². The van der Waals surface area contributed by atoms with E-state index >= 15 is 0 Å². The van der Waals surface area contributed by atoms with E-state index in [1.54, 1.807) is 34.0 Å². The van der Waals surface area contributed by atoms with E-state index in [1.807, 2.05) is 0 Å². The van der Waals surface area contributed by atoms with E-state index < -0.39 is 5.91 Å². The third kappa shape index (κ3) is 5.03. The number of nitrogens with zero attached hydrogens (tertiary/aromatic N) is 14. The van der Waals surface area contributed by atoms with Gasteiger partial charge >= 0.3 is 0 Å². The van der Waals surface area contributed by atoms with Crippen LogP contribution in [0.1, 0.15) is 32.1 Å². The van der Waals surface area contributed by atoms with Crippen LogP contribution in [0.2, 0.25) is 0 Å². The Morgan fingerprint density at radius 1 is 0.791 bits per heavy atom. The van der Waals surface area contributed by atoms with Crippen LogP contribution >= 0.6 is 0 Å². The van der Waals surface area contributed by atoms with E-state index in [2.05, 4.69) is 56.1 Å². The number of nitrogen functional groups attached to an aromatic ring is 2. The van der Waals surface area contributed by atoms with Crippen molar-refractivity contribution in [2.45, 2.75) is 13.8 Å². The van der Waals surface area contributed by atoms with Crippen LogP contribution in [0.4, 0.5) is 34.6 Å². The van der Waals surface area contributed by atoms with Crippen molar-refractivity contribution in [1.82, 2.24) is 54.4 Å². The standard InChI is InChI=1S/C23H26N18O2/c1-10-16(32-34-21-12(20(26)42)7-30-38(21)4)18(24)40(36-10)14-6-15(29-9-28-14)41-19(25)17(11(2)37-41)33-35-22-13(23(43)27-3)8-31-39(22)5/h6-9H,24-25H2,1-5H3,(H2,26,42)(H,27,43). The van der Waals surface area contributed by atoms with Crippen molar-refractivity contribution < 1.29 is 9.59 Å². The van der Waals surface area contributed by atoms with Crippen molar-refractivity contribution in [2.24, 2.45) is 40.3 Å². The molecular weight excluding hydrogens is 560 g/mol. The first-order chi connectivity index (χ1) is 20.5. The average Bonchev–Trinajstić information content (AvgIpc) is 3.70. The lowest BCUT2D eigenvalue weighted by atomic mass is 10.3. The molecule has 0 fully saturated rings. The van der Waals surface area contributed by atoms with Gasteiger partial charge in [-0.3, -0.25) is 9.59 Å². The third-order valence-electron chi connectivity index (χ3n) is 6.24. The zero-order valence-corrected chi connectivity index (χ0v) is 23.6. The molecule has 5 rings (SSSR count). The number of nitrogens with one attached hydrogen (secondary N) is 1. The summed E-state index contributed by atoms with van der Waals surface area (Å²) in [4.78, 5) is 32.4. The summed E-state index contributed by atoms with van der Waals surface area (Å²) in [5, 5.41) is 36.2. The van der Waals surface area contributed by atoms with Gasteiger partial charge in [-0.15, -0.1) is 20.5 Å². The number of hydrogen-bond donors (Lipinski definition) is 4. The largest absolute Gasteiger partial charge is 0.382 e. The molecular formula is C23H26N18O2. The third-order valence-corrected chi connectivity index (χ3v) is 6.24. The molecule has 0 aliphatic rings. The summed E-state index contributed by atoms with van der Waals surface area (Å²) >= 11 is 0. The molecule has 5 aromatic heterocycles. The lowest BCUT2D eigenvalue weighted by Gasteiger charge is -2.06. The van der Waals surface area contributed by atoms with Crippen molar-refractivity contribution in [3.8, 4) is 11.6 Å². The number of azo groups is 2. The number of anilines is 2. The lowest BCUT2D eigenvalue weighted by molar-refractivity contribution is 0.0962. The van der Waals surface area contributed by atoms with Crippen LogP contribution in [0, 0.1) is 13.8 Å². The fourth-order valence-electron chi connectivity index (χ4n) is 4.00. The molecule has 20 nitrogen and oxygen atoms in total. The molecule has 20 heteroatoms. The molecule has 0 aliphatic carbocycles. The minimum absolute atomic E-state index is 0.105. The predicted octanol–water partition coefficient (Wildman–Crippen LogP) is 1.39. The molecule has 0 unspecified atom stereocenters. The number of rotatable bonds is 8. The second-order valence-electron chi connectivity index (χ2n) is 9.05. The molecule has 0 saturated carbocycles. The van der Waals surface area contributed by atoms with Gasteiger partial charge < -0.3 is 22.5 Å².